The monoisotopic (exact) mass is 415 g/mol. The molecule has 3 aromatic heterocycles. The highest BCUT2D eigenvalue weighted by Gasteiger charge is 2.17. The van der Waals surface area contributed by atoms with Crippen LogP contribution in [0.15, 0.2) is 34.1 Å². The predicted molar refractivity (Wildman–Crippen MR) is 103 cm³/mol. The summed E-state index contributed by atoms with van der Waals surface area (Å²) in [5, 5.41) is 8.53. The van der Waals surface area contributed by atoms with Crippen molar-refractivity contribution in [1.82, 2.24) is 25.0 Å². The number of nitrogen functional groups attached to an aromatic ring is 2. The quantitative estimate of drug-likeness (QED) is 0.497. The number of nitrogens with two attached hydrogens (primary N) is 2. The Morgan fingerprint density at radius 3 is 2.72 bits per heavy atom. The van der Waals surface area contributed by atoms with Gasteiger partial charge in [-0.3, -0.25) is 0 Å². The Balaban J connectivity index is 1.81. The fourth-order valence-corrected chi connectivity index (χ4v) is 3.98. The molecule has 0 atom stereocenters. The second-order valence-corrected chi connectivity index (χ2v) is 8.11. The largest absolute Gasteiger partial charge is 0.399 e. The number of fused-ring (bicyclic) bond motifs is 1. The van der Waals surface area contributed by atoms with Gasteiger partial charge in [0.05, 0.1) is 15.2 Å². The van der Waals surface area contributed by atoms with Gasteiger partial charge in [0.25, 0.3) is 0 Å². The summed E-state index contributed by atoms with van der Waals surface area (Å²) in [6.07, 6.45) is 0. The van der Waals surface area contributed by atoms with Crippen LogP contribution in [0.1, 0.15) is 11.1 Å². The van der Waals surface area contributed by atoms with Crippen molar-refractivity contribution in [2.45, 2.75) is 13.5 Å². The smallest absolute Gasteiger partial charge is 0.222 e. The number of hydrogen-bond donors (Lipinski definition) is 2. The maximum atomic E-state index is 5.92. The minimum atomic E-state index is 0.198. The van der Waals surface area contributed by atoms with E-state index in [1.165, 1.54) is 0 Å². The van der Waals surface area contributed by atoms with Crippen LogP contribution in [0.4, 0.5) is 11.6 Å². The molecule has 0 saturated heterocycles. The molecule has 25 heavy (non-hydrogen) atoms. The third-order valence-corrected chi connectivity index (χ3v) is 5.48. The van der Waals surface area contributed by atoms with Crippen molar-refractivity contribution in [3.63, 3.8) is 0 Å². The van der Waals surface area contributed by atoms with E-state index in [9.17, 15) is 0 Å². The van der Waals surface area contributed by atoms with E-state index in [-0.39, 0.29) is 5.95 Å². The van der Waals surface area contributed by atoms with Crippen LogP contribution in [0.5, 0.6) is 0 Å². The summed E-state index contributed by atoms with van der Waals surface area (Å²) in [7, 11) is 0. The van der Waals surface area contributed by atoms with Crippen LogP contribution in [-0.2, 0) is 6.54 Å². The molecule has 4 N–H and O–H groups in total. The second-order valence-electron chi connectivity index (χ2n) is 5.64. The highest BCUT2D eigenvalue weighted by molar-refractivity contribution is 9.11. The summed E-state index contributed by atoms with van der Waals surface area (Å²) in [6.45, 7) is 2.51. The van der Waals surface area contributed by atoms with Gasteiger partial charge in [-0.1, -0.05) is 17.3 Å². The Kier molecular flexibility index (Phi) is 3.89. The van der Waals surface area contributed by atoms with E-state index < -0.39 is 0 Å². The number of nitrogens with zero attached hydrogens (tertiary/aromatic N) is 5. The lowest BCUT2D eigenvalue weighted by molar-refractivity contribution is 0.664. The van der Waals surface area contributed by atoms with Crippen molar-refractivity contribution in [2.75, 3.05) is 11.5 Å². The Hall–Kier alpha value is -2.52. The zero-order valence-electron chi connectivity index (χ0n) is 13.3. The SMILES string of the molecule is Cc1cc(Cn2nnc3c(-c4ccc(Br)s4)nc(N)nc32)ccc1N. The number of benzene rings is 1. The van der Waals surface area contributed by atoms with Crippen LogP contribution < -0.4 is 11.5 Å². The molecule has 9 heteroatoms. The molecule has 4 rings (SSSR count). The molecule has 0 aliphatic heterocycles. The standard InChI is InChI=1S/C16H14BrN7S/c1-8-6-9(2-3-10(8)18)7-24-15-14(22-23-24)13(20-16(19)21-15)11-4-5-12(17)25-11/h2-6H,7,18H2,1H3,(H2,19,20,21). The van der Waals surface area contributed by atoms with Gasteiger partial charge in [-0.15, -0.1) is 16.4 Å². The second kappa shape index (κ2) is 6.08. The van der Waals surface area contributed by atoms with Crippen molar-refractivity contribution in [3.05, 3.63) is 45.2 Å². The summed E-state index contributed by atoms with van der Waals surface area (Å²) in [6, 6.07) is 9.83. The predicted octanol–water partition coefficient (Wildman–Crippen LogP) is 3.23. The number of anilines is 2. The minimum Gasteiger partial charge on any atom is -0.399 e. The molecule has 3 heterocycles. The lowest BCUT2D eigenvalue weighted by Gasteiger charge is -2.06. The van der Waals surface area contributed by atoms with Crippen LogP contribution in [0, 0.1) is 6.92 Å². The molecule has 0 aliphatic carbocycles. The molecule has 0 amide bonds. The molecule has 0 bridgehead atoms. The van der Waals surface area contributed by atoms with Gasteiger partial charge in [0.15, 0.2) is 11.2 Å². The summed E-state index contributed by atoms with van der Waals surface area (Å²) >= 11 is 5.03. The number of halogens is 1. The molecule has 0 aliphatic rings. The fourth-order valence-electron chi connectivity index (χ4n) is 2.60. The Morgan fingerprint density at radius 1 is 1.16 bits per heavy atom. The highest BCUT2D eigenvalue weighted by Crippen LogP contribution is 2.33. The number of hydrogen-bond acceptors (Lipinski definition) is 7. The molecule has 0 fully saturated rings. The van der Waals surface area contributed by atoms with Gasteiger partial charge in [-0.2, -0.15) is 4.98 Å². The van der Waals surface area contributed by atoms with E-state index in [4.69, 9.17) is 11.5 Å². The molecule has 0 spiro atoms. The summed E-state index contributed by atoms with van der Waals surface area (Å²) in [5.74, 6) is 0.198. The lowest BCUT2D eigenvalue weighted by Crippen LogP contribution is -2.05. The topological polar surface area (TPSA) is 109 Å². The van der Waals surface area contributed by atoms with E-state index in [1.807, 2.05) is 37.3 Å². The Morgan fingerprint density at radius 2 is 2.00 bits per heavy atom. The van der Waals surface area contributed by atoms with E-state index in [0.29, 0.717) is 23.4 Å². The molecule has 0 saturated carbocycles. The molecular formula is C16H14BrN7S. The summed E-state index contributed by atoms with van der Waals surface area (Å²) < 4.78 is 2.74. The van der Waals surface area contributed by atoms with Crippen LogP contribution in [-0.4, -0.2) is 25.0 Å². The summed E-state index contributed by atoms with van der Waals surface area (Å²) in [4.78, 5) is 9.65. The number of aromatic nitrogens is 5. The fraction of sp³-hybridized carbons (Fsp3) is 0.125. The zero-order chi connectivity index (χ0) is 17.6. The normalized spacial score (nSPS) is 11.3. The van der Waals surface area contributed by atoms with E-state index in [1.54, 1.807) is 16.0 Å². The van der Waals surface area contributed by atoms with Gasteiger partial charge in [-0.05, 0) is 52.2 Å². The minimum absolute atomic E-state index is 0.198. The first-order chi connectivity index (χ1) is 12.0. The van der Waals surface area contributed by atoms with E-state index in [0.717, 1.165) is 25.5 Å². The van der Waals surface area contributed by atoms with Crippen molar-refractivity contribution in [1.29, 1.82) is 0 Å². The maximum absolute atomic E-state index is 5.92. The van der Waals surface area contributed by atoms with Crippen LogP contribution in [0.2, 0.25) is 0 Å². The third kappa shape index (κ3) is 2.96. The van der Waals surface area contributed by atoms with Gasteiger partial charge in [0, 0.05) is 5.69 Å². The molecule has 0 unspecified atom stereocenters. The van der Waals surface area contributed by atoms with Crippen LogP contribution in [0.25, 0.3) is 21.7 Å². The number of rotatable bonds is 3. The first-order valence-electron chi connectivity index (χ1n) is 7.48. The van der Waals surface area contributed by atoms with Gasteiger partial charge in [-0.25, -0.2) is 9.67 Å². The van der Waals surface area contributed by atoms with Gasteiger partial charge in [0.2, 0.25) is 5.95 Å². The van der Waals surface area contributed by atoms with Crippen LogP contribution in [0.3, 0.4) is 0 Å². The van der Waals surface area contributed by atoms with Crippen molar-refractivity contribution in [3.8, 4) is 10.6 Å². The molecule has 7 nitrogen and oxygen atoms in total. The van der Waals surface area contributed by atoms with E-state index >= 15 is 0 Å². The molecule has 4 aromatic rings. The molecule has 0 radical (unpaired) electrons. The first-order valence-corrected chi connectivity index (χ1v) is 9.09. The third-order valence-electron chi connectivity index (χ3n) is 3.85. The highest BCUT2D eigenvalue weighted by atomic mass is 79.9. The lowest BCUT2D eigenvalue weighted by atomic mass is 10.1. The molecule has 126 valence electrons. The first kappa shape index (κ1) is 16.0. The Bertz CT molecular complexity index is 1090. The number of aryl methyl sites for hydroxylation is 1. The van der Waals surface area contributed by atoms with Gasteiger partial charge < -0.3 is 11.5 Å². The van der Waals surface area contributed by atoms with Gasteiger partial charge in [0.1, 0.15) is 5.69 Å². The van der Waals surface area contributed by atoms with Crippen molar-refractivity contribution >= 4 is 50.1 Å². The van der Waals surface area contributed by atoms with Crippen LogP contribution >= 0.6 is 27.3 Å². The van der Waals surface area contributed by atoms with E-state index in [2.05, 4.69) is 36.2 Å². The zero-order valence-corrected chi connectivity index (χ0v) is 15.7. The number of thiophene rings is 1. The van der Waals surface area contributed by atoms with Crippen molar-refractivity contribution < 1.29 is 0 Å². The molecule has 1 aromatic carbocycles. The Labute approximate surface area is 155 Å². The van der Waals surface area contributed by atoms with Crippen molar-refractivity contribution in [2.24, 2.45) is 0 Å². The average molecular weight is 416 g/mol. The average Bonchev–Trinajstić information content (AvgIpc) is 3.17. The summed E-state index contributed by atoms with van der Waals surface area (Å²) in [5.41, 5.74) is 16.6. The maximum Gasteiger partial charge on any atom is 0.222 e. The molecular weight excluding hydrogens is 402 g/mol. The van der Waals surface area contributed by atoms with Gasteiger partial charge >= 0.3 is 0 Å².